The summed E-state index contributed by atoms with van der Waals surface area (Å²) in [7, 11) is 1.95. The Balaban J connectivity index is 2.06. The van der Waals surface area contributed by atoms with Crippen molar-refractivity contribution in [3.8, 4) is 0 Å². The van der Waals surface area contributed by atoms with Crippen molar-refractivity contribution in [2.75, 3.05) is 25.0 Å². The molecule has 0 bridgehead atoms. The number of halogens is 1. The van der Waals surface area contributed by atoms with Crippen LogP contribution in [0.4, 0.5) is 10.1 Å². The molecule has 0 saturated carbocycles. The van der Waals surface area contributed by atoms with E-state index < -0.39 is 0 Å². The minimum Gasteiger partial charge on any atom is -0.350 e. The van der Waals surface area contributed by atoms with Gasteiger partial charge in [0.05, 0.1) is 11.3 Å². The van der Waals surface area contributed by atoms with E-state index >= 15 is 0 Å². The van der Waals surface area contributed by atoms with E-state index in [1.54, 1.807) is 6.07 Å². The molecule has 2 heterocycles. The van der Waals surface area contributed by atoms with Gasteiger partial charge < -0.3 is 15.5 Å². The summed E-state index contributed by atoms with van der Waals surface area (Å²) in [5, 5.41) is 6.33. The molecule has 2 aliphatic heterocycles. The van der Waals surface area contributed by atoms with Crippen molar-refractivity contribution < 1.29 is 9.18 Å². The first-order valence-corrected chi connectivity index (χ1v) is 6.19. The van der Waals surface area contributed by atoms with E-state index in [-0.39, 0.29) is 17.4 Å². The molecule has 18 heavy (non-hydrogen) atoms. The fraction of sp³-hybridized carbons (Fsp3) is 0.462. The molecule has 96 valence electrons. The first kappa shape index (κ1) is 11.5. The van der Waals surface area contributed by atoms with E-state index in [1.165, 1.54) is 12.1 Å². The number of nitrogens with zero attached hydrogens (tertiary/aromatic N) is 1. The summed E-state index contributed by atoms with van der Waals surface area (Å²) in [6.07, 6.45) is 1.92. The molecule has 2 aliphatic rings. The first-order chi connectivity index (χ1) is 8.62. The van der Waals surface area contributed by atoms with Gasteiger partial charge in [0.25, 0.3) is 5.91 Å². The molecule has 2 N–H and O–H groups in total. The summed E-state index contributed by atoms with van der Waals surface area (Å²) in [6.45, 7) is 1.69. The van der Waals surface area contributed by atoms with Crippen LogP contribution in [0.1, 0.15) is 23.2 Å². The summed E-state index contributed by atoms with van der Waals surface area (Å²) in [6, 6.07) is 4.38. The van der Waals surface area contributed by atoms with Gasteiger partial charge in [-0.15, -0.1) is 0 Å². The molecule has 0 radical (unpaired) electrons. The highest BCUT2D eigenvalue weighted by atomic mass is 19.1. The highest BCUT2D eigenvalue weighted by molar-refractivity contribution is 6.02. The number of fused-ring (bicyclic) bond motifs is 1. The third-order valence-electron chi connectivity index (χ3n) is 3.91. The Bertz CT molecular complexity index is 497. The maximum atomic E-state index is 13.2. The van der Waals surface area contributed by atoms with Crippen LogP contribution in [-0.4, -0.2) is 31.7 Å². The van der Waals surface area contributed by atoms with Gasteiger partial charge >= 0.3 is 0 Å². The summed E-state index contributed by atoms with van der Waals surface area (Å²) in [5.41, 5.74) is 0.831. The van der Waals surface area contributed by atoms with Gasteiger partial charge in [-0.2, -0.15) is 0 Å². The summed E-state index contributed by atoms with van der Waals surface area (Å²) >= 11 is 0. The predicted molar refractivity (Wildman–Crippen MR) is 67.1 cm³/mol. The molecular formula is C13H16FN3O. The Hall–Kier alpha value is -1.62. The van der Waals surface area contributed by atoms with Gasteiger partial charge in [0.15, 0.2) is 0 Å². The smallest absolute Gasteiger partial charge is 0.255 e. The SMILES string of the molecule is CN1c2ccc(F)cc2C(=O)NC12CCCNC2. The van der Waals surface area contributed by atoms with E-state index in [0.29, 0.717) is 12.1 Å². The minimum absolute atomic E-state index is 0.189. The fourth-order valence-electron chi connectivity index (χ4n) is 2.86. The average molecular weight is 249 g/mol. The lowest BCUT2D eigenvalue weighted by Gasteiger charge is -2.49. The van der Waals surface area contributed by atoms with Crippen molar-refractivity contribution in [2.24, 2.45) is 0 Å². The largest absolute Gasteiger partial charge is 0.350 e. The lowest BCUT2D eigenvalue weighted by molar-refractivity contribution is 0.0860. The Kier molecular flexibility index (Phi) is 2.52. The molecule has 1 amide bonds. The molecule has 3 rings (SSSR count). The van der Waals surface area contributed by atoms with Crippen molar-refractivity contribution in [1.29, 1.82) is 0 Å². The number of nitrogens with one attached hydrogen (secondary N) is 2. The molecule has 1 spiro atoms. The summed E-state index contributed by atoms with van der Waals surface area (Å²) < 4.78 is 13.2. The molecule has 5 heteroatoms. The van der Waals surface area contributed by atoms with E-state index in [0.717, 1.165) is 25.1 Å². The van der Waals surface area contributed by atoms with Crippen LogP contribution >= 0.6 is 0 Å². The molecule has 1 fully saturated rings. The molecule has 1 aromatic carbocycles. The van der Waals surface area contributed by atoms with Crippen molar-refractivity contribution in [3.63, 3.8) is 0 Å². The zero-order valence-electron chi connectivity index (χ0n) is 10.3. The van der Waals surface area contributed by atoms with Crippen LogP contribution < -0.4 is 15.5 Å². The molecule has 1 unspecified atom stereocenters. The Morgan fingerprint density at radius 2 is 2.28 bits per heavy atom. The van der Waals surface area contributed by atoms with Gasteiger partial charge in [-0.3, -0.25) is 4.79 Å². The number of hydrogen-bond acceptors (Lipinski definition) is 3. The van der Waals surface area contributed by atoms with Crippen molar-refractivity contribution in [2.45, 2.75) is 18.5 Å². The van der Waals surface area contributed by atoms with Crippen molar-refractivity contribution in [1.82, 2.24) is 10.6 Å². The zero-order chi connectivity index (χ0) is 12.8. The number of piperidine rings is 1. The third kappa shape index (κ3) is 1.58. The topological polar surface area (TPSA) is 44.4 Å². The van der Waals surface area contributed by atoms with Gasteiger partial charge in [-0.05, 0) is 37.6 Å². The van der Waals surface area contributed by atoms with Gasteiger partial charge in [0, 0.05) is 13.6 Å². The summed E-state index contributed by atoms with van der Waals surface area (Å²) in [4.78, 5) is 14.2. The minimum atomic E-state index is -0.380. The fourth-order valence-corrected chi connectivity index (χ4v) is 2.86. The second-order valence-electron chi connectivity index (χ2n) is 4.99. The Morgan fingerprint density at radius 3 is 3.00 bits per heavy atom. The standard InChI is InChI=1S/C13H16FN3O/c1-17-11-4-3-9(14)7-10(11)12(18)16-13(17)5-2-6-15-8-13/h3-4,7,15H,2,5-6,8H2,1H3,(H,16,18). The Labute approximate surface area is 105 Å². The number of anilines is 1. The number of likely N-dealkylation sites (N-methyl/N-ethyl adjacent to an activating group) is 1. The van der Waals surface area contributed by atoms with Crippen LogP contribution in [-0.2, 0) is 0 Å². The maximum Gasteiger partial charge on any atom is 0.255 e. The first-order valence-electron chi connectivity index (χ1n) is 6.19. The predicted octanol–water partition coefficient (Wildman–Crippen LogP) is 1.08. The third-order valence-corrected chi connectivity index (χ3v) is 3.91. The van der Waals surface area contributed by atoms with Gasteiger partial charge in [-0.25, -0.2) is 4.39 Å². The van der Waals surface area contributed by atoms with E-state index in [9.17, 15) is 9.18 Å². The maximum absolute atomic E-state index is 13.2. The molecule has 0 aliphatic carbocycles. The Morgan fingerprint density at radius 1 is 1.44 bits per heavy atom. The van der Waals surface area contributed by atoms with Gasteiger partial charge in [-0.1, -0.05) is 0 Å². The monoisotopic (exact) mass is 249 g/mol. The highest BCUT2D eigenvalue weighted by Crippen LogP contribution is 2.33. The molecule has 1 aromatic rings. The number of rotatable bonds is 0. The zero-order valence-corrected chi connectivity index (χ0v) is 10.3. The molecule has 1 saturated heterocycles. The van der Waals surface area contributed by atoms with Crippen molar-refractivity contribution >= 4 is 11.6 Å². The van der Waals surface area contributed by atoms with Crippen LogP contribution in [0, 0.1) is 5.82 Å². The van der Waals surface area contributed by atoms with Crippen LogP contribution in [0.25, 0.3) is 0 Å². The van der Waals surface area contributed by atoms with Gasteiger partial charge in [0.1, 0.15) is 11.5 Å². The van der Waals surface area contributed by atoms with Crippen LogP contribution in [0.2, 0.25) is 0 Å². The van der Waals surface area contributed by atoms with Gasteiger partial charge in [0.2, 0.25) is 0 Å². The highest BCUT2D eigenvalue weighted by Gasteiger charge is 2.42. The second kappa shape index (κ2) is 3.95. The second-order valence-corrected chi connectivity index (χ2v) is 4.99. The molecule has 1 atom stereocenters. The number of hydrogen-bond donors (Lipinski definition) is 2. The molecule has 4 nitrogen and oxygen atoms in total. The summed E-state index contributed by atoms with van der Waals surface area (Å²) in [5.74, 6) is -0.568. The van der Waals surface area contributed by atoms with Crippen molar-refractivity contribution in [3.05, 3.63) is 29.6 Å². The van der Waals surface area contributed by atoms with Crippen LogP contribution in [0.5, 0.6) is 0 Å². The number of carbonyl (C=O) groups excluding carboxylic acids is 1. The van der Waals surface area contributed by atoms with E-state index in [1.807, 2.05) is 7.05 Å². The van der Waals surface area contributed by atoms with E-state index in [4.69, 9.17) is 0 Å². The quantitative estimate of drug-likeness (QED) is 0.723. The van der Waals surface area contributed by atoms with Crippen LogP contribution in [0.15, 0.2) is 18.2 Å². The number of carbonyl (C=O) groups is 1. The molecule has 0 aromatic heterocycles. The number of amides is 1. The van der Waals surface area contributed by atoms with E-state index in [2.05, 4.69) is 15.5 Å². The normalized spacial score (nSPS) is 27.0. The lowest BCUT2D eigenvalue weighted by Crippen LogP contribution is -2.69. The number of benzene rings is 1. The lowest BCUT2D eigenvalue weighted by atomic mass is 9.93. The molecular weight excluding hydrogens is 233 g/mol. The van der Waals surface area contributed by atoms with Crippen LogP contribution in [0.3, 0.4) is 0 Å². The average Bonchev–Trinajstić information content (AvgIpc) is 2.37.